The van der Waals surface area contributed by atoms with Crippen LogP contribution in [0.3, 0.4) is 0 Å². The summed E-state index contributed by atoms with van der Waals surface area (Å²) in [6.45, 7) is 5.48. The van der Waals surface area contributed by atoms with E-state index in [0.717, 1.165) is 5.56 Å². The summed E-state index contributed by atoms with van der Waals surface area (Å²) in [5.74, 6) is 0.324. The van der Waals surface area contributed by atoms with Crippen molar-refractivity contribution in [3.63, 3.8) is 0 Å². The maximum Gasteiger partial charge on any atom is 0.387 e. The molecule has 0 aliphatic carbocycles. The zero-order chi connectivity index (χ0) is 15.2. The lowest BCUT2D eigenvalue weighted by atomic mass is 10.2. The minimum atomic E-state index is -2.87. The van der Waals surface area contributed by atoms with Gasteiger partial charge in [0.25, 0.3) is 0 Å². The summed E-state index contributed by atoms with van der Waals surface area (Å²) in [7, 11) is 0. The number of halogens is 2. The minimum Gasteiger partial charge on any atom is -0.490 e. The van der Waals surface area contributed by atoms with Crippen LogP contribution in [0.15, 0.2) is 18.2 Å². The normalized spacial score (nSPS) is 11.8. The Morgan fingerprint density at radius 3 is 2.45 bits per heavy atom. The molecule has 4 nitrogen and oxygen atoms in total. The van der Waals surface area contributed by atoms with Gasteiger partial charge in [-0.1, -0.05) is 6.07 Å². The van der Waals surface area contributed by atoms with Gasteiger partial charge in [0.1, 0.15) is 0 Å². The van der Waals surface area contributed by atoms with Crippen molar-refractivity contribution in [2.75, 3.05) is 6.61 Å². The first-order chi connectivity index (χ1) is 9.31. The third-order valence-electron chi connectivity index (χ3n) is 2.18. The Labute approximate surface area is 118 Å². The minimum absolute atomic E-state index is 0.0299. The van der Waals surface area contributed by atoms with Crippen LogP contribution in [-0.2, 0) is 11.4 Å². The molecule has 0 aliphatic rings. The fourth-order valence-corrected chi connectivity index (χ4v) is 1.46. The lowest BCUT2D eigenvalue weighted by Crippen LogP contribution is -2.28. The SMILES string of the molecule is CCOc1cc(CNOC(C)(C)C)ccc1OC(F)F. The maximum atomic E-state index is 12.3. The van der Waals surface area contributed by atoms with E-state index in [1.54, 1.807) is 19.1 Å². The van der Waals surface area contributed by atoms with Crippen molar-refractivity contribution in [1.82, 2.24) is 5.48 Å². The third-order valence-corrected chi connectivity index (χ3v) is 2.18. The first-order valence-corrected chi connectivity index (χ1v) is 6.43. The van der Waals surface area contributed by atoms with Gasteiger partial charge >= 0.3 is 6.61 Å². The quantitative estimate of drug-likeness (QED) is 0.780. The summed E-state index contributed by atoms with van der Waals surface area (Å²) in [4.78, 5) is 5.39. The first kappa shape index (κ1) is 16.7. The van der Waals surface area contributed by atoms with Crippen molar-refractivity contribution < 1.29 is 23.1 Å². The van der Waals surface area contributed by atoms with E-state index >= 15 is 0 Å². The van der Waals surface area contributed by atoms with E-state index < -0.39 is 6.61 Å². The highest BCUT2D eigenvalue weighted by Crippen LogP contribution is 2.29. The largest absolute Gasteiger partial charge is 0.490 e. The van der Waals surface area contributed by atoms with Crippen molar-refractivity contribution in [3.8, 4) is 11.5 Å². The van der Waals surface area contributed by atoms with Crippen LogP contribution in [0.1, 0.15) is 33.3 Å². The van der Waals surface area contributed by atoms with Crippen LogP contribution in [-0.4, -0.2) is 18.8 Å². The molecule has 0 aromatic heterocycles. The summed E-state index contributed by atoms with van der Waals surface area (Å²) < 4.78 is 34.2. The predicted octanol–water partition coefficient (Wildman–Crippen LogP) is 3.51. The van der Waals surface area contributed by atoms with Crippen LogP contribution in [0.4, 0.5) is 8.78 Å². The molecular weight excluding hydrogens is 268 g/mol. The molecule has 0 unspecified atom stereocenters. The molecule has 1 aromatic rings. The highest BCUT2D eigenvalue weighted by Gasteiger charge is 2.13. The van der Waals surface area contributed by atoms with Crippen LogP contribution in [0.5, 0.6) is 11.5 Å². The average Bonchev–Trinajstić information content (AvgIpc) is 2.30. The number of hydrogen-bond donors (Lipinski definition) is 1. The maximum absolute atomic E-state index is 12.3. The Hall–Kier alpha value is -1.40. The molecule has 0 atom stereocenters. The molecule has 1 aromatic carbocycles. The standard InChI is InChI=1S/C14H21F2NO3/c1-5-18-12-8-10(9-17-20-14(2,3)4)6-7-11(12)19-13(15)16/h6-8,13,17H,5,9H2,1-4H3. The smallest absolute Gasteiger partial charge is 0.387 e. The van der Waals surface area contributed by atoms with Gasteiger partial charge in [-0.2, -0.15) is 14.3 Å². The van der Waals surface area contributed by atoms with Gasteiger partial charge in [-0.15, -0.1) is 0 Å². The molecule has 1 N–H and O–H groups in total. The number of benzene rings is 1. The van der Waals surface area contributed by atoms with Crippen molar-refractivity contribution in [2.24, 2.45) is 0 Å². The summed E-state index contributed by atoms with van der Waals surface area (Å²) in [6.07, 6.45) is 0. The van der Waals surface area contributed by atoms with Gasteiger partial charge < -0.3 is 9.47 Å². The first-order valence-electron chi connectivity index (χ1n) is 6.43. The van der Waals surface area contributed by atoms with Crippen molar-refractivity contribution in [2.45, 2.75) is 46.5 Å². The van der Waals surface area contributed by atoms with E-state index in [0.29, 0.717) is 18.9 Å². The molecule has 0 aliphatic heterocycles. The molecule has 114 valence electrons. The molecule has 0 radical (unpaired) electrons. The Kier molecular flexibility index (Phi) is 6.16. The molecule has 0 spiro atoms. The van der Waals surface area contributed by atoms with Crippen LogP contribution in [0.25, 0.3) is 0 Å². The monoisotopic (exact) mass is 289 g/mol. The van der Waals surface area contributed by atoms with Crippen LogP contribution >= 0.6 is 0 Å². The highest BCUT2D eigenvalue weighted by molar-refractivity contribution is 5.43. The van der Waals surface area contributed by atoms with Crippen LogP contribution in [0.2, 0.25) is 0 Å². The molecule has 6 heteroatoms. The second kappa shape index (κ2) is 7.40. The average molecular weight is 289 g/mol. The number of hydroxylamine groups is 1. The van der Waals surface area contributed by atoms with Gasteiger partial charge in [0.05, 0.1) is 12.2 Å². The molecule has 0 saturated heterocycles. The van der Waals surface area contributed by atoms with E-state index in [1.807, 2.05) is 20.8 Å². The van der Waals surface area contributed by atoms with Crippen molar-refractivity contribution in [1.29, 1.82) is 0 Å². The van der Waals surface area contributed by atoms with Gasteiger partial charge in [-0.25, -0.2) is 0 Å². The van der Waals surface area contributed by atoms with E-state index in [4.69, 9.17) is 9.57 Å². The highest BCUT2D eigenvalue weighted by atomic mass is 19.3. The lowest BCUT2D eigenvalue weighted by Gasteiger charge is -2.19. The van der Waals surface area contributed by atoms with Gasteiger partial charge in [0, 0.05) is 6.54 Å². The second-order valence-electron chi connectivity index (χ2n) is 5.13. The van der Waals surface area contributed by atoms with Gasteiger partial charge in [-0.05, 0) is 45.4 Å². The van der Waals surface area contributed by atoms with Crippen LogP contribution < -0.4 is 15.0 Å². The Bertz CT molecular complexity index is 419. The van der Waals surface area contributed by atoms with E-state index in [1.165, 1.54) is 6.07 Å². The molecule has 0 bridgehead atoms. The summed E-state index contributed by atoms with van der Waals surface area (Å²) in [6, 6.07) is 4.80. The fourth-order valence-electron chi connectivity index (χ4n) is 1.46. The van der Waals surface area contributed by atoms with E-state index in [-0.39, 0.29) is 11.4 Å². The van der Waals surface area contributed by atoms with Gasteiger partial charge in [0.15, 0.2) is 11.5 Å². The number of ether oxygens (including phenoxy) is 2. The van der Waals surface area contributed by atoms with E-state index in [9.17, 15) is 8.78 Å². The van der Waals surface area contributed by atoms with Crippen molar-refractivity contribution >= 4 is 0 Å². The molecule has 20 heavy (non-hydrogen) atoms. The molecular formula is C14H21F2NO3. The number of hydrogen-bond acceptors (Lipinski definition) is 4. The third kappa shape index (κ3) is 6.16. The van der Waals surface area contributed by atoms with Crippen LogP contribution in [0, 0.1) is 0 Å². The number of nitrogens with one attached hydrogen (secondary N) is 1. The Morgan fingerprint density at radius 1 is 1.20 bits per heavy atom. The second-order valence-corrected chi connectivity index (χ2v) is 5.13. The molecule has 0 saturated carbocycles. The zero-order valence-electron chi connectivity index (χ0n) is 12.2. The molecule has 0 fully saturated rings. The zero-order valence-corrected chi connectivity index (χ0v) is 12.2. The number of alkyl halides is 2. The van der Waals surface area contributed by atoms with Gasteiger partial charge in [-0.3, -0.25) is 4.84 Å². The lowest BCUT2D eigenvalue weighted by molar-refractivity contribution is -0.0758. The fraction of sp³-hybridized carbons (Fsp3) is 0.571. The predicted molar refractivity (Wildman–Crippen MR) is 71.9 cm³/mol. The Balaban J connectivity index is 2.71. The number of rotatable bonds is 7. The molecule has 1 rings (SSSR count). The molecule has 0 heterocycles. The summed E-state index contributed by atoms with van der Waals surface area (Å²) in [5.41, 5.74) is 3.37. The molecule has 0 amide bonds. The Morgan fingerprint density at radius 2 is 1.90 bits per heavy atom. The summed E-state index contributed by atoms with van der Waals surface area (Å²) in [5, 5.41) is 0. The van der Waals surface area contributed by atoms with Crippen molar-refractivity contribution in [3.05, 3.63) is 23.8 Å². The van der Waals surface area contributed by atoms with Gasteiger partial charge in [0.2, 0.25) is 0 Å². The topological polar surface area (TPSA) is 39.7 Å². The summed E-state index contributed by atoms with van der Waals surface area (Å²) >= 11 is 0. The van der Waals surface area contributed by atoms with E-state index in [2.05, 4.69) is 10.2 Å².